The Labute approximate surface area is 206 Å². The van der Waals surface area contributed by atoms with Crippen LogP contribution < -0.4 is 9.70 Å². The van der Waals surface area contributed by atoms with Gasteiger partial charge in [-0.15, -0.1) is 11.8 Å². The van der Waals surface area contributed by atoms with E-state index in [1.807, 2.05) is 40.7 Å². The molecule has 0 unspecified atom stereocenters. The monoisotopic (exact) mass is 497 g/mol. The van der Waals surface area contributed by atoms with Crippen molar-refractivity contribution >= 4 is 56.8 Å². The molecule has 2 amide bonds. The number of hydrogen-bond acceptors (Lipinski definition) is 6. The maximum Gasteiger partial charge on any atom is 0.338 e. The van der Waals surface area contributed by atoms with E-state index in [-0.39, 0.29) is 29.3 Å². The first-order valence-corrected chi connectivity index (χ1v) is 13.3. The van der Waals surface area contributed by atoms with Gasteiger partial charge in [-0.25, -0.2) is 4.79 Å². The van der Waals surface area contributed by atoms with Crippen LogP contribution in [-0.4, -0.2) is 47.0 Å². The Morgan fingerprint density at radius 1 is 1.12 bits per heavy atom. The molecule has 2 aromatic carbocycles. The zero-order valence-corrected chi connectivity index (χ0v) is 20.9. The van der Waals surface area contributed by atoms with E-state index in [0.29, 0.717) is 30.1 Å². The number of aryl methyl sites for hydroxylation is 2. The number of ether oxygens (including phenoxy) is 1. The molecular formula is C25H27N3O4S2. The zero-order valence-electron chi connectivity index (χ0n) is 19.3. The number of thioether (sulfide) groups is 1. The quantitative estimate of drug-likeness (QED) is 0.460. The van der Waals surface area contributed by atoms with Crippen molar-refractivity contribution in [3.05, 3.63) is 58.4 Å². The third-order valence-electron chi connectivity index (χ3n) is 5.59. The smallest absolute Gasteiger partial charge is 0.338 e. The number of benzene rings is 2. The fraction of sp³-hybridized carbons (Fsp3) is 0.360. The lowest BCUT2D eigenvalue weighted by atomic mass is 10.0. The number of anilines is 1. The second-order valence-corrected chi connectivity index (χ2v) is 9.80. The molecule has 1 aliphatic heterocycles. The number of esters is 1. The van der Waals surface area contributed by atoms with Gasteiger partial charge in [-0.05, 0) is 56.5 Å². The average Bonchev–Trinajstić information content (AvgIpc) is 3.19. The molecule has 0 fully saturated rings. The van der Waals surface area contributed by atoms with Crippen molar-refractivity contribution in [1.29, 1.82) is 0 Å². The Hall–Kier alpha value is -2.91. The van der Waals surface area contributed by atoms with E-state index in [9.17, 15) is 14.4 Å². The summed E-state index contributed by atoms with van der Waals surface area (Å²) in [5.41, 5.74) is 3.56. The van der Waals surface area contributed by atoms with E-state index < -0.39 is 0 Å². The molecule has 9 heteroatoms. The minimum absolute atomic E-state index is 0.0157. The zero-order chi connectivity index (χ0) is 24.1. The highest BCUT2D eigenvalue weighted by molar-refractivity contribution is 8.00. The molecule has 0 spiro atoms. The lowest BCUT2D eigenvalue weighted by Crippen LogP contribution is -2.36. The highest BCUT2D eigenvalue weighted by Crippen LogP contribution is 2.27. The second kappa shape index (κ2) is 11.0. The molecule has 0 saturated carbocycles. The second-order valence-electron chi connectivity index (χ2n) is 7.81. The third kappa shape index (κ3) is 5.26. The first-order chi connectivity index (χ1) is 16.5. The van der Waals surface area contributed by atoms with Crippen LogP contribution in [0.1, 0.15) is 36.2 Å². The number of thiazole rings is 1. The van der Waals surface area contributed by atoms with Gasteiger partial charge in [-0.1, -0.05) is 29.5 Å². The number of fused-ring (bicyclic) bond motifs is 2. The Morgan fingerprint density at radius 3 is 2.74 bits per heavy atom. The van der Waals surface area contributed by atoms with Gasteiger partial charge >= 0.3 is 5.97 Å². The SMILES string of the molecule is CCOC(=O)c1ccc2c(c1)sc(=NC(=O)CSCC(=O)N1CCCc3ccccc31)n2CC. The first kappa shape index (κ1) is 24.2. The Morgan fingerprint density at radius 2 is 1.94 bits per heavy atom. The molecule has 7 nitrogen and oxygen atoms in total. The molecular weight excluding hydrogens is 470 g/mol. The number of amides is 2. The van der Waals surface area contributed by atoms with Crippen molar-refractivity contribution in [2.75, 3.05) is 29.6 Å². The van der Waals surface area contributed by atoms with Crippen LogP contribution in [0, 0.1) is 0 Å². The van der Waals surface area contributed by atoms with Crippen molar-refractivity contribution < 1.29 is 19.1 Å². The maximum absolute atomic E-state index is 12.8. The van der Waals surface area contributed by atoms with Crippen LogP contribution in [0.3, 0.4) is 0 Å². The van der Waals surface area contributed by atoms with E-state index in [4.69, 9.17) is 4.74 Å². The molecule has 3 aromatic rings. The Kier molecular flexibility index (Phi) is 7.84. The normalized spacial score (nSPS) is 13.7. The molecule has 4 rings (SSSR count). The Balaban J connectivity index is 1.43. The van der Waals surface area contributed by atoms with Crippen LogP contribution >= 0.6 is 23.1 Å². The number of nitrogens with zero attached hydrogens (tertiary/aromatic N) is 3. The number of para-hydroxylation sites is 1. The van der Waals surface area contributed by atoms with Gasteiger partial charge in [0.05, 0.1) is 33.9 Å². The van der Waals surface area contributed by atoms with Gasteiger partial charge < -0.3 is 14.2 Å². The van der Waals surface area contributed by atoms with Gasteiger partial charge in [0.15, 0.2) is 4.80 Å². The predicted molar refractivity (Wildman–Crippen MR) is 136 cm³/mol. The van der Waals surface area contributed by atoms with Crippen molar-refractivity contribution in [2.45, 2.75) is 33.2 Å². The van der Waals surface area contributed by atoms with Crippen molar-refractivity contribution in [3.63, 3.8) is 0 Å². The van der Waals surface area contributed by atoms with Crippen LogP contribution in [0.25, 0.3) is 10.2 Å². The van der Waals surface area contributed by atoms with Crippen LogP contribution in [0.15, 0.2) is 47.5 Å². The number of aromatic nitrogens is 1. The predicted octanol–water partition coefficient (Wildman–Crippen LogP) is 4.04. The van der Waals surface area contributed by atoms with E-state index >= 15 is 0 Å². The minimum atomic E-state index is -0.368. The van der Waals surface area contributed by atoms with E-state index in [2.05, 4.69) is 11.1 Å². The molecule has 34 heavy (non-hydrogen) atoms. The van der Waals surface area contributed by atoms with Crippen molar-refractivity contribution in [3.8, 4) is 0 Å². The third-order valence-corrected chi connectivity index (χ3v) is 7.54. The topological polar surface area (TPSA) is 81.0 Å². The van der Waals surface area contributed by atoms with Crippen LogP contribution in [0.4, 0.5) is 5.69 Å². The van der Waals surface area contributed by atoms with Crippen molar-refractivity contribution in [2.24, 2.45) is 4.99 Å². The number of rotatable bonds is 7. The fourth-order valence-electron chi connectivity index (χ4n) is 4.04. The minimum Gasteiger partial charge on any atom is -0.462 e. The summed E-state index contributed by atoms with van der Waals surface area (Å²) in [5.74, 6) is -0.266. The molecule has 178 valence electrons. The highest BCUT2D eigenvalue weighted by atomic mass is 32.2. The van der Waals surface area contributed by atoms with Gasteiger partial charge in [-0.2, -0.15) is 4.99 Å². The highest BCUT2D eigenvalue weighted by Gasteiger charge is 2.22. The van der Waals surface area contributed by atoms with Crippen LogP contribution in [0.2, 0.25) is 0 Å². The van der Waals surface area contributed by atoms with Gasteiger partial charge in [0.25, 0.3) is 5.91 Å². The summed E-state index contributed by atoms with van der Waals surface area (Å²) >= 11 is 2.65. The number of carbonyl (C=O) groups is 3. The summed E-state index contributed by atoms with van der Waals surface area (Å²) < 4.78 is 7.90. The number of carbonyl (C=O) groups excluding carboxylic acids is 3. The standard InChI is InChI=1S/C25H27N3O4S2/c1-3-27-20-12-11-18(24(31)32-4-2)14-21(20)34-25(27)26-22(29)15-33-16-23(30)28-13-7-9-17-8-5-6-10-19(17)28/h5-6,8,10-12,14H,3-4,7,9,13,15-16H2,1-2H3. The summed E-state index contributed by atoms with van der Waals surface area (Å²) in [5, 5.41) is 0. The van der Waals surface area contributed by atoms with E-state index in [0.717, 1.165) is 28.7 Å². The molecule has 0 radical (unpaired) electrons. The van der Waals surface area contributed by atoms with Gasteiger partial charge in [0.1, 0.15) is 0 Å². The molecule has 0 atom stereocenters. The van der Waals surface area contributed by atoms with Gasteiger partial charge in [0, 0.05) is 18.8 Å². The average molecular weight is 498 g/mol. The summed E-state index contributed by atoms with van der Waals surface area (Å²) in [6.45, 7) is 5.42. The summed E-state index contributed by atoms with van der Waals surface area (Å²) in [7, 11) is 0. The van der Waals surface area contributed by atoms with Crippen molar-refractivity contribution in [1.82, 2.24) is 4.57 Å². The molecule has 0 aliphatic carbocycles. The first-order valence-electron chi connectivity index (χ1n) is 11.4. The van der Waals surface area contributed by atoms with E-state index in [1.54, 1.807) is 19.1 Å². The van der Waals surface area contributed by atoms with Crippen LogP contribution in [0.5, 0.6) is 0 Å². The molecule has 1 aliphatic rings. The molecule has 2 heterocycles. The molecule has 0 bridgehead atoms. The lowest BCUT2D eigenvalue weighted by Gasteiger charge is -2.29. The summed E-state index contributed by atoms with van der Waals surface area (Å²) in [4.78, 5) is 44.1. The largest absolute Gasteiger partial charge is 0.462 e. The molecule has 0 saturated heterocycles. The maximum atomic E-state index is 12.8. The number of hydrogen-bond donors (Lipinski definition) is 0. The molecule has 1 aromatic heterocycles. The fourth-order valence-corrected chi connectivity index (χ4v) is 5.86. The van der Waals surface area contributed by atoms with E-state index in [1.165, 1.54) is 28.7 Å². The molecule has 0 N–H and O–H groups in total. The summed E-state index contributed by atoms with van der Waals surface area (Å²) in [6, 6.07) is 13.3. The van der Waals surface area contributed by atoms with Gasteiger partial charge in [-0.3, -0.25) is 9.59 Å². The van der Waals surface area contributed by atoms with Crippen LogP contribution in [-0.2, 0) is 27.3 Å². The Bertz CT molecular complexity index is 1290. The summed E-state index contributed by atoms with van der Waals surface area (Å²) in [6.07, 6.45) is 1.93. The lowest BCUT2D eigenvalue weighted by molar-refractivity contribution is -0.116. The van der Waals surface area contributed by atoms with Gasteiger partial charge in [0.2, 0.25) is 5.91 Å².